The minimum absolute atomic E-state index is 0.125. The largest absolute Gasteiger partial charge is 0.418 e. The average molecular weight is 494 g/mol. The summed E-state index contributed by atoms with van der Waals surface area (Å²) < 4.78 is 53.5. The van der Waals surface area contributed by atoms with Crippen molar-refractivity contribution in [2.45, 2.75) is 12.2 Å². The highest BCUT2D eigenvalue weighted by molar-refractivity contribution is 6.30. The minimum Gasteiger partial charge on any atom is -0.325 e. The van der Waals surface area contributed by atoms with Gasteiger partial charge in [0.1, 0.15) is 11.9 Å². The average Bonchev–Trinajstić information content (AvgIpc) is 2.76. The van der Waals surface area contributed by atoms with Gasteiger partial charge in [0.15, 0.2) is 0 Å². The van der Waals surface area contributed by atoms with Crippen LogP contribution in [0.4, 0.5) is 28.9 Å². The fourth-order valence-corrected chi connectivity index (χ4v) is 3.53. The van der Waals surface area contributed by atoms with Gasteiger partial charge >= 0.3 is 6.18 Å². The van der Waals surface area contributed by atoms with Gasteiger partial charge in [-0.1, -0.05) is 41.9 Å². The molecule has 1 atom stereocenters. The van der Waals surface area contributed by atoms with E-state index in [2.05, 4.69) is 10.6 Å². The molecule has 0 saturated heterocycles. The van der Waals surface area contributed by atoms with Gasteiger partial charge in [-0.15, -0.1) is 0 Å². The van der Waals surface area contributed by atoms with Crippen LogP contribution in [0, 0.1) is 5.82 Å². The molecule has 0 aliphatic rings. The molecule has 3 aromatic rings. The summed E-state index contributed by atoms with van der Waals surface area (Å²) in [6.45, 7) is -0.267. The van der Waals surface area contributed by atoms with E-state index in [1.54, 1.807) is 30.3 Å². The SMILES string of the molecule is CN(CC(=O)Nc1ccc(F)cc1)C(C(=O)Nc1ccc(Cl)cc1C(F)(F)F)c1ccccc1. The van der Waals surface area contributed by atoms with Gasteiger partial charge in [-0.3, -0.25) is 14.5 Å². The Hall–Kier alpha value is -3.43. The highest BCUT2D eigenvalue weighted by Crippen LogP contribution is 2.37. The van der Waals surface area contributed by atoms with Crippen LogP contribution in [0.5, 0.6) is 0 Å². The molecule has 0 aliphatic heterocycles. The van der Waals surface area contributed by atoms with Crippen molar-refractivity contribution in [3.05, 3.63) is 94.8 Å². The third-order valence-electron chi connectivity index (χ3n) is 4.87. The number of nitrogens with zero attached hydrogens (tertiary/aromatic N) is 1. The van der Waals surface area contributed by atoms with E-state index in [1.165, 1.54) is 42.3 Å². The van der Waals surface area contributed by atoms with Crippen molar-refractivity contribution in [3.63, 3.8) is 0 Å². The van der Waals surface area contributed by atoms with Crippen molar-refractivity contribution < 1.29 is 27.2 Å². The van der Waals surface area contributed by atoms with Crippen LogP contribution < -0.4 is 10.6 Å². The highest BCUT2D eigenvalue weighted by atomic mass is 35.5. The van der Waals surface area contributed by atoms with E-state index in [0.717, 1.165) is 12.1 Å². The summed E-state index contributed by atoms with van der Waals surface area (Å²) in [6.07, 6.45) is -4.74. The molecule has 5 nitrogen and oxygen atoms in total. The number of carbonyl (C=O) groups is 2. The number of carbonyl (C=O) groups excluding carboxylic acids is 2. The molecule has 1 unspecified atom stereocenters. The predicted octanol–water partition coefficient (Wildman–Crippen LogP) is 5.75. The Morgan fingerprint density at radius 2 is 1.62 bits per heavy atom. The number of rotatable bonds is 7. The molecule has 0 bridgehead atoms. The Morgan fingerprint density at radius 3 is 2.24 bits per heavy atom. The van der Waals surface area contributed by atoms with E-state index < -0.39 is 41.1 Å². The van der Waals surface area contributed by atoms with Crippen molar-refractivity contribution in [1.29, 1.82) is 0 Å². The topological polar surface area (TPSA) is 61.4 Å². The Balaban J connectivity index is 1.83. The Bertz CT molecular complexity index is 1160. The smallest absolute Gasteiger partial charge is 0.325 e. The molecule has 34 heavy (non-hydrogen) atoms. The lowest BCUT2D eigenvalue weighted by atomic mass is 10.0. The molecule has 0 aliphatic carbocycles. The van der Waals surface area contributed by atoms with Gasteiger partial charge in [-0.05, 0) is 55.1 Å². The van der Waals surface area contributed by atoms with Gasteiger partial charge in [0, 0.05) is 10.7 Å². The van der Waals surface area contributed by atoms with Crippen LogP contribution in [-0.2, 0) is 15.8 Å². The zero-order valence-electron chi connectivity index (χ0n) is 17.9. The molecule has 2 N–H and O–H groups in total. The number of alkyl halides is 3. The number of anilines is 2. The summed E-state index contributed by atoms with van der Waals surface area (Å²) in [7, 11) is 1.49. The van der Waals surface area contributed by atoms with Crippen LogP contribution in [-0.4, -0.2) is 30.3 Å². The van der Waals surface area contributed by atoms with E-state index in [-0.39, 0.29) is 11.6 Å². The second-order valence-corrected chi connectivity index (χ2v) is 7.90. The van der Waals surface area contributed by atoms with E-state index in [1.807, 2.05) is 0 Å². The molecule has 0 aromatic heterocycles. The lowest BCUT2D eigenvalue weighted by Crippen LogP contribution is -2.39. The second-order valence-electron chi connectivity index (χ2n) is 7.46. The minimum atomic E-state index is -4.74. The number of amides is 2. The number of nitrogens with one attached hydrogen (secondary N) is 2. The molecule has 3 aromatic carbocycles. The van der Waals surface area contributed by atoms with Crippen molar-refractivity contribution in [2.75, 3.05) is 24.2 Å². The third kappa shape index (κ3) is 6.55. The first-order valence-corrected chi connectivity index (χ1v) is 10.4. The van der Waals surface area contributed by atoms with Gasteiger partial charge in [0.25, 0.3) is 0 Å². The maximum Gasteiger partial charge on any atom is 0.418 e. The van der Waals surface area contributed by atoms with Gasteiger partial charge < -0.3 is 10.6 Å². The summed E-state index contributed by atoms with van der Waals surface area (Å²) in [5.74, 6) is -1.72. The molecule has 0 heterocycles. The maximum absolute atomic E-state index is 13.5. The molecule has 3 rings (SSSR count). The Morgan fingerprint density at radius 1 is 0.971 bits per heavy atom. The van der Waals surface area contributed by atoms with Crippen LogP contribution in [0.25, 0.3) is 0 Å². The standard InChI is InChI=1S/C24H20ClF4N3O2/c1-32(14-21(33)30-18-10-8-17(26)9-11-18)22(15-5-3-2-4-6-15)23(34)31-20-12-7-16(25)13-19(20)24(27,28)29/h2-13,22H,14H2,1H3,(H,30,33)(H,31,34). The van der Waals surface area contributed by atoms with Gasteiger partial charge in [-0.25, -0.2) is 4.39 Å². The summed E-state index contributed by atoms with van der Waals surface area (Å²) in [6, 6.07) is 15.4. The van der Waals surface area contributed by atoms with Crippen LogP contribution in [0.3, 0.4) is 0 Å². The first-order valence-electron chi connectivity index (χ1n) is 10.0. The number of hydrogen-bond donors (Lipinski definition) is 2. The van der Waals surface area contributed by atoms with Crippen LogP contribution >= 0.6 is 11.6 Å². The lowest BCUT2D eigenvalue weighted by molar-refractivity contribution is -0.137. The van der Waals surface area contributed by atoms with Gasteiger partial charge in [0.2, 0.25) is 11.8 Å². The molecule has 0 fully saturated rings. The number of halogens is 5. The van der Waals surface area contributed by atoms with E-state index in [0.29, 0.717) is 11.3 Å². The van der Waals surface area contributed by atoms with Crippen molar-refractivity contribution >= 4 is 34.8 Å². The van der Waals surface area contributed by atoms with Crippen LogP contribution in [0.1, 0.15) is 17.2 Å². The molecule has 0 radical (unpaired) electrons. The molecular formula is C24H20ClF4N3O2. The maximum atomic E-state index is 13.5. The molecule has 0 spiro atoms. The molecule has 10 heteroatoms. The molecule has 2 amide bonds. The number of hydrogen-bond acceptors (Lipinski definition) is 3. The van der Waals surface area contributed by atoms with Crippen molar-refractivity contribution in [3.8, 4) is 0 Å². The summed E-state index contributed by atoms with van der Waals surface area (Å²) in [4.78, 5) is 27.1. The quantitative estimate of drug-likeness (QED) is 0.412. The summed E-state index contributed by atoms with van der Waals surface area (Å²) in [5, 5.41) is 4.78. The van der Waals surface area contributed by atoms with Gasteiger partial charge in [-0.2, -0.15) is 13.2 Å². The van der Waals surface area contributed by atoms with Gasteiger partial charge in [0.05, 0.1) is 17.8 Å². The fraction of sp³-hybridized carbons (Fsp3) is 0.167. The third-order valence-corrected chi connectivity index (χ3v) is 5.11. The molecular weight excluding hydrogens is 474 g/mol. The van der Waals surface area contributed by atoms with Crippen molar-refractivity contribution in [1.82, 2.24) is 4.90 Å². The second kappa shape index (κ2) is 10.7. The predicted molar refractivity (Wildman–Crippen MR) is 122 cm³/mol. The first kappa shape index (κ1) is 25.2. The molecule has 0 saturated carbocycles. The van der Waals surface area contributed by atoms with Crippen molar-refractivity contribution in [2.24, 2.45) is 0 Å². The monoisotopic (exact) mass is 493 g/mol. The van der Waals surface area contributed by atoms with E-state index in [4.69, 9.17) is 11.6 Å². The Labute approximate surface area is 198 Å². The lowest BCUT2D eigenvalue weighted by Gasteiger charge is -2.27. The zero-order chi connectivity index (χ0) is 24.9. The molecule has 178 valence electrons. The highest BCUT2D eigenvalue weighted by Gasteiger charge is 2.35. The van der Waals surface area contributed by atoms with Crippen LogP contribution in [0.15, 0.2) is 72.8 Å². The first-order chi connectivity index (χ1) is 16.0. The van der Waals surface area contributed by atoms with E-state index >= 15 is 0 Å². The normalized spacial score (nSPS) is 12.3. The van der Waals surface area contributed by atoms with E-state index in [9.17, 15) is 27.2 Å². The number of benzene rings is 3. The van der Waals surface area contributed by atoms with Crippen LogP contribution in [0.2, 0.25) is 5.02 Å². The zero-order valence-corrected chi connectivity index (χ0v) is 18.6. The summed E-state index contributed by atoms with van der Waals surface area (Å²) >= 11 is 5.71. The summed E-state index contributed by atoms with van der Waals surface area (Å²) in [5.41, 5.74) is -0.708. The Kier molecular flexibility index (Phi) is 7.90. The fourth-order valence-electron chi connectivity index (χ4n) is 3.35. The number of likely N-dealkylation sites (N-methyl/N-ethyl adjacent to an activating group) is 1.